The first kappa shape index (κ1) is 19.9. The summed E-state index contributed by atoms with van der Waals surface area (Å²) in [6.45, 7) is 4.05. The lowest BCUT2D eigenvalue weighted by atomic mass is 9.99. The molecule has 3 heterocycles. The van der Waals surface area contributed by atoms with Gasteiger partial charge in [0.1, 0.15) is 5.56 Å². The Morgan fingerprint density at radius 1 is 1.24 bits per heavy atom. The summed E-state index contributed by atoms with van der Waals surface area (Å²) >= 11 is 0. The molecule has 0 saturated carbocycles. The van der Waals surface area contributed by atoms with Gasteiger partial charge in [-0.25, -0.2) is 4.79 Å². The van der Waals surface area contributed by atoms with E-state index in [1.54, 1.807) is 6.92 Å². The van der Waals surface area contributed by atoms with Gasteiger partial charge in [-0.3, -0.25) is 4.98 Å². The Hall–Kier alpha value is -2.39. The van der Waals surface area contributed by atoms with Crippen LogP contribution in [0.15, 0.2) is 24.4 Å². The van der Waals surface area contributed by atoms with Crippen molar-refractivity contribution < 1.29 is 32.2 Å². The second-order valence-corrected chi connectivity index (χ2v) is 7.07. The zero-order chi connectivity index (χ0) is 20.6. The van der Waals surface area contributed by atoms with Gasteiger partial charge < -0.3 is 19.1 Å². The molecule has 9 heteroatoms. The van der Waals surface area contributed by atoms with Crippen molar-refractivity contribution in [2.45, 2.75) is 31.7 Å². The molecule has 0 N–H and O–H groups in total. The number of aromatic nitrogens is 1. The van der Waals surface area contributed by atoms with E-state index in [1.165, 1.54) is 12.3 Å². The van der Waals surface area contributed by atoms with Crippen molar-refractivity contribution in [2.75, 3.05) is 37.8 Å². The van der Waals surface area contributed by atoms with Crippen molar-refractivity contribution in [3.8, 4) is 0 Å². The highest BCUT2D eigenvalue weighted by atomic mass is 19.4. The number of esters is 1. The Bertz CT molecular complexity index is 916. The Morgan fingerprint density at radius 2 is 1.93 bits per heavy atom. The van der Waals surface area contributed by atoms with Crippen LogP contribution in [0.5, 0.6) is 0 Å². The van der Waals surface area contributed by atoms with Crippen LogP contribution in [0.1, 0.15) is 35.7 Å². The molecule has 1 aromatic carbocycles. The third-order valence-electron chi connectivity index (χ3n) is 5.32. The number of anilines is 1. The van der Waals surface area contributed by atoms with Crippen LogP contribution in [0.2, 0.25) is 0 Å². The number of hydrogen-bond acceptors (Lipinski definition) is 6. The van der Waals surface area contributed by atoms with E-state index in [4.69, 9.17) is 14.2 Å². The molecule has 0 amide bonds. The molecule has 2 aliphatic heterocycles. The first-order chi connectivity index (χ1) is 13.8. The lowest BCUT2D eigenvalue weighted by molar-refractivity contribution is -0.169. The first-order valence-electron chi connectivity index (χ1n) is 9.53. The van der Waals surface area contributed by atoms with Crippen LogP contribution in [0.4, 0.5) is 18.9 Å². The van der Waals surface area contributed by atoms with Gasteiger partial charge in [0.2, 0.25) is 0 Å². The normalized spacial score (nSPS) is 19.1. The van der Waals surface area contributed by atoms with Gasteiger partial charge in [-0.15, -0.1) is 0 Å². The molecule has 0 aliphatic carbocycles. The average molecular weight is 410 g/mol. The predicted octanol–water partition coefficient (Wildman–Crippen LogP) is 3.77. The van der Waals surface area contributed by atoms with Crippen molar-refractivity contribution in [1.82, 2.24) is 4.98 Å². The minimum absolute atomic E-state index is 0.177. The van der Waals surface area contributed by atoms with Crippen molar-refractivity contribution in [2.24, 2.45) is 0 Å². The van der Waals surface area contributed by atoms with Crippen LogP contribution in [-0.4, -0.2) is 49.7 Å². The maximum atomic E-state index is 13.1. The molecule has 1 aromatic heterocycles. The number of carbonyl (C=O) groups excluding carboxylic acids is 1. The third kappa shape index (κ3) is 3.76. The highest BCUT2D eigenvalue weighted by molar-refractivity contribution is 6.05. The molecule has 2 saturated heterocycles. The number of carbonyl (C=O) groups is 1. The minimum Gasteiger partial charge on any atom is -0.462 e. The number of nitrogens with zero attached hydrogens (tertiary/aromatic N) is 2. The highest BCUT2D eigenvalue weighted by Crippen LogP contribution is 2.39. The second-order valence-electron chi connectivity index (χ2n) is 7.07. The quantitative estimate of drug-likeness (QED) is 0.718. The van der Waals surface area contributed by atoms with Gasteiger partial charge in [0.25, 0.3) is 0 Å². The molecule has 0 atom stereocenters. The Kier molecular flexibility index (Phi) is 5.12. The first-order valence-corrected chi connectivity index (χ1v) is 9.53. The molecular formula is C20H21F3N2O4. The SMILES string of the molecule is CCOC(=O)c1cnc2cc(C(F)(F)F)ccc2c1N1CCC2(CC1)OCCO2. The molecule has 6 nitrogen and oxygen atoms in total. The summed E-state index contributed by atoms with van der Waals surface area (Å²) in [7, 11) is 0. The van der Waals surface area contributed by atoms with Gasteiger partial charge in [-0.2, -0.15) is 13.2 Å². The van der Waals surface area contributed by atoms with E-state index in [9.17, 15) is 18.0 Å². The number of pyridine rings is 1. The summed E-state index contributed by atoms with van der Waals surface area (Å²) in [5.41, 5.74) is 0.174. The number of halogens is 3. The fraction of sp³-hybridized carbons (Fsp3) is 0.500. The van der Waals surface area contributed by atoms with Gasteiger partial charge in [0, 0.05) is 37.5 Å². The zero-order valence-corrected chi connectivity index (χ0v) is 15.9. The maximum Gasteiger partial charge on any atom is 0.416 e. The van der Waals surface area contributed by atoms with Gasteiger partial charge in [0.05, 0.1) is 36.6 Å². The van der Waals surface area contributed by atoms with Crippen molar-refractivity contribution >= 4 is 22.6 Å². The Labute approximate surface area is 165 Å². The number of fused-ring (bicyclic) bond motifs is 1. The zero-order valence-electron chi connectivity index (χ0n) is 15.9. The number of alkyl halides is 3. The average Bonchev–Trinajstić information content (AvgIpc) is 3.15. The minimum atomic E-state index is -4.47. The van der Waals surface area contributed by atoms with E-state index in [1.807, 2.05) is 4.90 Å². The van der Waals surface area contributed by atoms with E-state index < -0.39 is 23.5 Å². The Balaban J connectivity index is 1.76. The van der Waals surface area contributed by atoms with E-state index in [0.717, 1.165) is 12.1 Å². The largest absolute Gasteiger partial charge is 0.462 e. The molecule has 2 fully saturated rings. The number of hydrogen-bond donors (Lipinski definition) is 0. The fourth-order valence-corrected chi connectivity index (χ4v) is 3.91. The standard InChI is InChI=1S/C20H21F3N2O4/c1-2-27-18(26)15-12-24-16-11-13(20(21,22)23)3-4-14(16)17(15)25-7-5-19(6-8-25)28-9-10-29-19/h3-4,11-12H,2,5-10H2,1H3. The molecule has 2 aromatic rings. The fourth-order valence-electron chi connectivity index (χ4n) is 3.91. The van der Waals surface area contributed by atoms with Crippen LogP contribution in [0, 0.1) is 0 Å². The van der Waals surface area contributed by atoms with Gasteiger partial charge in [-0.1, -0.05) is 6.07 Å². The van der Waals surface area contributed by atoms with E-state index in [2.05, 4.69) is 4.98 Å². The molecule has 1 spiro atoms. The maximum absolute atomic E-state index is 13.1. The van der Waals surface area contributed by atoms with Crippen LogP contribution in [0.3, 0.4) is 0 Å². The molecular weight excluding hydrogens is 389 g/mol. The molecule has 0 bridgehead atoms. The van der Waals surface area contributed by atoms with Gasteiger partial charge >= 0.3 is 12.1 Å². The summed E-state index contributed by atoms with van der Waals surface area (Å²) in [5, 5.41) is 0.479. The second kappa shape index (κ2) is 7.46. The van der Waals surface area contributed by atoms with Gasteiger partial charge in [-0.05, 0) is 19.1 Å². The van der Waals surface area contributed by atoms with Crippen LogP contribution in [-0.2, 0) is 20.4 Å². The molecule has 0 unspecified atom stereocenters. The van der Waals surface area contributed by atoms with Crippen molar-refractivity contribution in [1.29, 1.82) is 0 Å². The molecule has 156 valence electrons. The number of ether oxygens (including phenoxy) is 3. The van der Waals surface area contributed by atoms with Crippen molar-refractivity contribution in [3.63, 3.8) is 0 Å². The summed E-state index contributed by atoms with van der Waals surface area (Å²) in [5.74, 6) is -1.15. The van der Waals surface area contributed by atoms with E-state index in [0.29, 0.717) is 50.2 Å². The topological polar surface area (TPSA) is 60.9 Å². The summed E-state index contributed by atoms with van der Waals surface area (Å²) in [6.07, 6.45) is -1.98. The lowest BCUT2D eigenvalue weighted by Crippen LogP contribution is -2.45. The molecule has 4 rings (SSSR count). The van der Waals surface area contributed by atoms with Gasteiger partial charge in [0.15, 0.2) is 5.79 Å². The number of benzene rings is 1. The van der Waals surface area contributed by atoms with Crippen molar-refractivity contribution in [3.05, 3.63) is 35.5 Å². The lowest BCUT2D eigenvalue weighted by Gasteiger charge is -2.39. The predicted molar refractivity (Wildman–Crippen MR) is 98.8 cm³/mol. The monoisotopic (exact) mass is 410 g/mol. The van der Waals surface area contributed by atoms with Crippen LogP contribution >= 0.6 is 0 Å². The van der Waals surface area contributed by atoms with E-state index >= 15 is 0 Å². The molecule has 0 radical (unpaired) electrons. The van der Waals surface area contributed by atoms with Crippen LogP contribution < -0.4 is 4.90 Å². The third-order valence-corrected chi connectivity index (χ3v) is 5.32. The number of rotatable bonds is 3. The van der Waals surface area contributed by atoms with E-state index in [-0.39, 0.29) is 17.7 Å². The smallest absolute Gasteiger partial charge is 0.416 e. The summed E-state index contributed by atoms with van der Waals surface area (Å²) < 4.78 is 56.0. The summed E-state index contributed by atoms with van der Waals surface area (Å²) in [4.78, 5) is 18.6. The Morgan fingerprint density at radius 3 is 2.55 bits per heavy atom. The number of piperidine rings is 1. The molecule has 29 heavy (non-hydrogen) atoms. The summed E-state index contributed by atoms with van der Waals surface area (Å²) in [6, 6.07) is 3.38. The van der Waals surface area contributed by atoms with Crippen LogP contribution in [0.25, 0.3) is 10.9 Å². The highest BCUT2D eigenvalue weighted by Gasteiger charge is 2.41. The molecule has 2 aliphatic rings.